The van der Waals surface area contributed by atoms with Crippen molar-refractivity contribution in [1.82, 2.24) is 9.55 Å². The zero-order chi connectivity index (χ0) is 14.2. The molecule has 0 saturated heterocycles. The highest BCUT2D eigenvalue weighted by Crippen LogP contribution is 2.33. The van der Waals surface area contributed by atoms with Crippen LogP contribution >= 0.6 is 23.8 Å². The van der Waals surface area contributed by atoms with Gasteiger partial charge in [0, 0.05) is 12.3 Å². The van der Waals surface area contributed by atoms with Gasteiger partial charge >= 0.3 is 6.18 Å². The van der Waals surface area contributed by atoms with Crippen molar-refractivity contribution in [3.05, 3.63) is 56.2 Å². The van der Waals surface area contributed by atoms with E-state index < -0.39 is 17.3 Å². The molecule has 1 heterocycles. The summed E-state index contributed by atoms with van der Waals surface area (Å²) < 4.78 is 38.9. The third-order valence-electron chi connectivity index (χ3n) is 2.36. The van der Waals surface area contributed by atoms with Crippen LogP contribution in [0.15, 0.2) is 35.3 Å². The number of hydrogen-bond acceptors (Lipinski definition) is 2. The minimum Gasteiger partial charge on any atom is -0.299 e. The van der Waals surface area contributed by atoms with Crippen molar-refractivity contribution < 1.29 is 13.2 Å². The Bertz CT molecular complexity index is 736. The lowest BCUT2D eigenvalue weighted by Gasteiger charge is -2.11. The van der Waals surface area contributed by atoms with Crippen molar-refractivity contribution in [2.75, 3.05) is 0 Å². The molecule has 0 unspecified atom stereocenters. The average Bonchev–Trinajstić information content (AvgIpc) is 2.28. The minimum absolute atomic E-state index is 0.0501. The predicted molar refractivity (Wildman–Crippen MR) is 67.2 cm³/mol. The lowest BCUT2D eigenvalue weighted by atomic mass is 10.2. The molecule has 0 atom stereocenters. The van der Waals surface area contributed by atoms with E-state index in [0.29, 0.717) is 0 Å². The van der Waals surface area contributed by atoms with Gasteiger partial charge in [-0.15, -0.1) is 0 Å². The summed E-state index contributed by atoms with van der Waals surface area (Å²) in [6.45, 7) is 0. The van der Waals surface area contributed by atoms with Crippen molar-refractivity contribution in [1.29, 1.82) is 0 Å². The molecule has 0 saturated carbocycles. The Balaban J connectivity index is 2.59. The van der Waals surface area contributed by atoms with Gasteiger partial charge in [-0.2, -0.15) is 13.2 Å². The van der Waals surface area contributed by atoms with E-state index in [4.69, 9.17) is 23.8 Å². The van der Waals surface area contributed by atoms with Crippen LogP contribution < -0.4 is 5.56 Å². The molecule has 3 nitrogen and oxygen atoms in total. The van der Waals surface area contributed by atoms with Crippen LogP contribution in [0.25, 0.3) is 5.69 Å². The number of nitrogens with one attached hydrogen (secondary N) is 1. The van der Waals surface area contributed by atoms with Crippen LogP contribution in [-0.4, -0.2) is 9.55 Å². The maximum Gasteiger partial charge on any atom is 0.416 e. The van der Waals surface area contributed by atoms with Crippen molar-refractivity contribution in [2.24, 2.45) is 0 Å². The standard InChI is InChI=1S/C11H6ClF3N2OS/c12-7-5-6(11(13,14)15)1-2-8(7)17-4-3-9(18)16-10(17)19/h1-5H,(H,16,18,19). The van der Waals surface area contributed by atoms with Gasteiger partial charge in [-0.3, -0.25) is 14.3 Å². The van der Waals surface area contributed by atoms with Crippen LogP contribution in [0.3, 0.4) is 0 Å². The zero-order valence-corrected chi connectivity index (χ0v) is 10.7. The van der Waals surface area contributed by atoms with E-state index in [0.717, 1.165) is 12.1 Å². The monoisotopic (exact) mass is 306 g/mol. The largest absolute Gasteiger partial charge is 0.416 e. The first-order valence-electron chi connectivity index (χ1n) is 4.98. The molecule has 1 aromatic carbocycles. The molecule has 100 valence electrons. The van der Waals surface area contributed by atoms with Gasteiger partial charge in [-0.05, 0) is 30.4 Å². The number of aromatic amines is 1. The third-order valence-corrected chi connectivity index (χ3v) is 2.96. The molecule has 1 aromatic heterocycles. The number of halogens is 4. The van der Waals surface area contributed by atoms with Gasteiger partial charge < -0.3 is 0 Å². The molecule has 0 radical (unpaired) electrons. The summed E-state index contributed by atoms with van der Waals surface area (Å²) in [6, 6.07) is 4.10. The highest BCUT2D eigenvalue weighted by Gasteiger charge is 2.30. The Kier molecular flexibility index (Phi) is 3.51. The molecule has 8 heteroatoms. The molecule has 0 spiro atoms. The van der Waals surface area contributed by atoms with Crippen LogP contribution in [0.1, 0.15) is 5.56 Å². The van der Waals surface area contributed by atoms with Crippen molar-refractivity contribution in [3.8, 4) is 5.69 Å². The maximum atomic E-state index is 12.5. The van der Waals surface area contributed by atoms with E-state index in [1.807, 2.05) is 0 Å². The Morgan fingerprint density at radius 3 is 2.47 bits per heavy atom. The number of aromatic nitrogens is 2. The van der Waals surface area contributed by atoms with Gasteiger partial charge in [0.1, 0.15) is 0 Å². The molecule has 2 rings (SSSR count). The normalized spacial score (nSPS) is 11.6. The summed E-state index contributed by atoms with van der Waals surface area (Å²) in [4.78, 5) is 13.4. The molecular weight excluding hydrogens is 301 g/mol. The van der Waals surface area contributed by atoms with E-state index in [2.05, 4.69) is 4.98 Å². The summed E-state index contributed by atoms with van der Waals surface area (Å²) >= 11 is 10.7. The zero-order valence-electron chi connectivity index (χ0n) is 9.16. The van der Waals surface area contributed by atoms with E-state index in [1.165, 1.54) is 22.9 Å². The summed E-state index contributed by atoms with van der Waals surface area (Å²) in [5, 5.41) is -0.113. The van der Waals surface area contributed by atoms with Crippen LogP contribution in [0.2, 0.25) is 5.02 Å². The second kappa shape index (κ2) is 4.82. The van der Waals surface area contributed by atoms with E-state index in [1.54, 1.807) is 0 Å². The van der Waals surface area contributed by atoms with E-state index in [-0.39, 0.29) is 15.5 Å². The highest BCUT2D eigenvalue weighted by atomic mass is 35.5. The van der Waals surface area contributed by atoms with E-state index in [9.17, 15) is 18.0 Å². The Hall–Kier alpha value is -1.60. The van der Waals surface area contributed by atoms with Crippen molar-refractivity contribution >= 4 is 23.8 Å². The quantitative estimate of drug-likeness (QED) is 0.818. The summed E-state index contributed by atoms with van der Waals surface area (Å²) in [5.74, 6) is 0. The van der Waals surface area contributed by atoms with Gasteiger partial charge in [-0.1, -0.05) is 11.6 Å². The smallest absolute Gasteiger partial charge is 0.299 e. The lowest BCUT2D eigenvalue weighted by Crippen LogP contribution is -2.11. The molecule has 2 aromatic rings. The van der Waals surface area contributed by atoms with Crippen LogP contribution in [0.4, 0.5) is 13.2 Å². The average molecular weight is 307 g/mol. The molecule has 0 aliphatic heterocycles. The molecule has 0 amide bonds. The fourth-order valence-electron chi connectivity index (χ4n) is 1.49. The SMILES string of the molecule is O=c1ccn(-c2ccc(C(F)(F)F)cc2Cl)c(=S)[nH]1. The molecule has 19 heavy (non-hydrogen) atoms. The highest BCUT2D eigenvalue weighted by molar-refractivity contribution is 7.71. The number of hydrogen-bond donors (Lipinski definition) is 1. The first-order valence-corrected chi connectivity index (χ1v) is 5.77. The third kappa shape index (κ3) is 2.87. The maximum absolute atomic E-state index is 12.5. The van der Waals surface area contributed by atoms with Gasteiger partial charge in [0.05, 0.1) is 16.3 Å². The fraction of sp³-hybridized carbons (Fsp3) is 0.0909. The van der Waals surface area contributed by atoms with Gasteiger partial charge in [0.15, 0.2) is 4.77 Å². The number of alkyl halides is 3. The van der Waals surface area contributed by atoms with Crippen molar-refractivity contribution in [3.63, 3.8) is 0 Å². The molecule has 0 aliphatic carbocycles. The van der Waals surface area contributed by atoms with Crippen LogP contribution in [0, 0.1) is 4.77 Å². The number of H-pyrrole nitrogens is 1. The Morgan fingerprint density at radius 2 is 1.95 bits per heavy atom. The Labute approximate surface area is 115 Å². The Morgan fingerprint density at radius 1 is 1.26 bits per heavy atom. The lowest BCUT2D eigenvalue weighted by molar-refractivity contribution is -0.137. The number of benzene rings is 1. The van der Waals surface area contributed by atoms with Crippen LogP contribution in [-0.2, 0) is 6.18 Å². The van der Waals surface area contributed by atoms with Gasteiger partial charge in [0.25, 0.3) is 5.56 Å². The molecule has 0 bridgehead atoms. The second-order valence-corrected chi connectivity index (χ2v) is 4.44. The predicted octanol–water partition coefficient (Wildman–Crippen LogP) is 3.57. The first-order chi connectivity index (χ1) is 8.79. The first kappa shape index (κ1) is 13.8. The molecule has 0 fully saturated rings. The van der Waals surface area contributed by atoms with Crippen LogP contribution in [0.5, 0.6) is 0 Å². The fourth-order valence-corrected chi connectivity index (χ4v) is 2.02. The second-order valence-electron chi connectivity index (χ2n) is 3.64. The van der Waals surface area contributed by atoms with E-state index >= 15 is 0 Å². The summed E-state index contributed by atoms with van der Waals surface area (Å²) in [5.41, 5.74) is -0.989. The molecule has 1 N–H and O–H groups in total. The number of nitrogens with zero attached hydrogens (tertiary/aromatic N) is 1. The molecule has 0 aliphatic rings. The molecular formula is C11H6ClF3N2OS. The number of rotatable bonds is 1. The minimum atomic E-state index is -4.46. The summed E-state index contributed by atoms with van der Waals surface area (Å²) in [7, 11) is 0. The summed E-state index contributed by atoms with van der Waals surface area (Å²) in [6.07, 6.45) is -3.12. The topological polar surface area (TPSA) is 37.8 Å². The van der Waals surface area contributed by atoms with Gasteiger partial charge in [0.2, 0.25) is 0 Å². The van der Waals surface area contributed by atoms with Crippen molar-refractivity contribution in [2.45, 2.75) is 6.18 Å². The van der Waals surface area contributed by atoms with Gasteiger partial charge in [-0.25, -0.2) is 0 Å².